The summed E-state index contributed by atoms with van der Waals surface area (Å²) in [6.45, 7) is 3.56. The Morgan fingerprint density at radius 1 is 1.17 bits per heavy atom. The van der Waals surface area contributed by atoms with E-state index in [4.69, 9.17) is 4.74 Å². The van der Waals surface area contributed by atoms with Crippen LogP contribution < -0.4 is 5.32 Å². The Morgan fingerprint density at radius 3 is 2.67 bits per heavy atom. The standard InChI is InChI=1S/C21H31NO2/c1-2-3-6-16-9-11-17(12-10-16)21(23)22-14-20-13-18-7-4-5-8-19(18)15-24-20/h4-5,7-8,16-17,20H,2-3,6,9-15H2,1H3,(H,22,23). The van der Waals surface area contributed by atoms with Crippen LogP contribution in [0.2, 0.25) is 0 Å². The number of unbranched alkanes of at least 4 members (excludes halogenated alkanes) is 1. The molecule has 1 aliphatic carbocycles. The van der Waals surface area contributed by atoms with Crippen LogP contribution in [0.3, 0.4) is 0 Å². The zero-order valence-corrected chi connectivity index (χ0v) is 14.9. The zero-order chi connectivity index (χ0) is 16.8. The maximum Gasteiger partial charge on any atom is 0.223 e. The van der Waals surface area contributed by atoms with Crippen molar-refractivity contribution in [2.75, 3.05) is 6.54 Å². The van der Waals surface area contributed by atoms with Crippen LogP contribution in [0.5, 0.6) is 0 Å². The smallest absolute Gasteiger partial charge is 0.223 e. The first-order valence-electron chi connectivity index (χ1n) is 9.72. The number of ether oxygens (including phenoxy) is 1. The van der Waals surface area contributed by atoms with Crippen molar-refractivity contribution < 1.29 is 9.53 Å². The number of nitrogens with one attached hydrogen (secondary N) is 1. The lowest BCUT2D eigenvalue weighted by atomic mass is 9.79. The first-order chi connectivity index (χ1) is 11.8. The van der Waals surface area contributed by atoms with Gasteiger partial charge >= 0.3 is 0 Å². The summed E-state index contributed by atoms with van der Waals surface area (Å²) in [7, 11) is 0. The molecule has 1 aliphatic heterocycles. The van der Waals surface area contributed by atoms with Crippen molar-refractivity contribution in [2.45, 2.75) is 71.0 Å². The van der Waals surface area contributed by atoms with Crippen molar-refractivity contribution in [3.63, 3.8) is 0 Å². The van der Waals surface area contributed by atoms with E-state index in [2.05, 4.69) is 36.5 Å². The Balaban J connectivity index is 1.39. The molecule has 1 aromatic rings. The fourth-order valence-corrected chi connectivity index (χ4v) is 4.11. The highest BCUT2D eigenvalue weighted by Gasteiger charge is 2.27. The van der Waals surface area contributed by atoms with Gasteiger partial charge in [0.2, 0.25) is 5.91 Å². The molecule has 1 heterocycles. The molecule has 0 aromatic heterocycles. The molecule has 1 atom stereocenters. The summed E-state index contributed by atoms with van der Waals surface area (Å²) < 4.78 is 5.89. The molecule has 1 fully saturated rings. The third-order valence-electron chi connectivity index (χ3n) is 5.73. The molecule has 0 radical (unpaired) electrons. The van der Waals surface area contributed by atoms with Gasteiger partial charge in [-0.25, -0.2) is 0 Å². The van der Waals surface area contributed by atoms with E-state index in [0.29, 0.717) is 13.2 Å². The summed E-state index contributed by atoms with van der Waals surface area (Å²) in [4.78, 5) is 12.4. The van der Waals surface area contributed by atoms with Gasteiger partial charge in [0.05, 0.1) is 12.7 Å². The van der Waals surface area contributed by atoms with Gasteiger partial charge in [0.25, 0.3) is 0 Å². The van der Waals surface area contributed by atoms with Crippen LogP contribution >= 0.6 is 0 Å². The fourth-order valence-electron chi connectivity index (χ4n) is 4.11. The number of amides is 1. The monoisotopic (exact) mass is 329 g/mol. The predicted octanol–water partition coefficient (Wildman–Crippen LogP) is 4.24. The average molecular weight is 329 g/mol. The van der Waals surface area contributed by atoms with Gasteiger partial charge in [0.1, 0.15) is 0 Å². The van der Waals surface area contributed by atoms with Crippen molar-refractivity contribution in [1.82, 2.24) is 5.32 Å². The number of benzene rings is 1. The minimum atomic E-state index is 0.116. The van der Waals surface area contributed by atoms with Gasteiger partial charge in [0.15, 0.2) is 0 Å². The van der Waals surface area contributed by atoms with Gasteiger partial charge in [-0.2, -0.15) is 0 Å². The molecule has 0 spiro atoms. The molecule has 3 rings (SSSR count). The largest absolute Gasteiger partial charge is 0.371 e. The number of hydrogen-bond donors (Lipinski definition) is 1. The van der Waals surface area contributed by atoms with E-state index in [9.17, 15) is 4.79 Å². The fraction of sp³-hybridized carbons (Fsp3) is 0.667. The summed E-state index contributed by atoms with van der Waals surface area (Å²) in [6.07, 6.45) is 9.57. The van der Waals surface area contributed by atoms with Gasteiger partial charge in [-0.05, 0) is 42.7 Å². The Morgan fingerprint density at radius 2 is 1.92 bits per heavy atom. The van der Waals surface area contributed by atoms with Crippen LogP contribution in [0.1, 0.15) is 63.0 Å². The van der Waals surface area contributed by atoms with E-state index in [1.807, 2.05) is 0 Å². The van der Waals surface area contributed by atoms with Crippen LogP contribution in [-0.4, -0.2) is 18.6 Å². The van der Waals surface area contributed by atoms with Crippen molar-refractivity contribution in [2.24, 2.45) is 11.8 Å². The van der Waals surface area contributed by atoms with E-state index in [1.54, 1.807) is 0 Å². The second-order valence-electron chi connectivity index (χ2n) is 7.51. The molecular formula is C21H31NO2. The molecule has 0 saturated heterocycles. The average Bonchev–Trinajstić information content (AvgIpc) is 2.64. The summed E-state index contributed by atoms with van der Waals surface area (Å²) in [5, 5.41) is 3.15. The second kappa shape index (κ2) is 8.66. The van der Waals surface area contributed by atoms with Gasteiger partial charge < -0.3 is 10.1 Å². The zero-order valence-electron chi connectivity index (χ0n) is 14.9. The number of carbonyl (C=O) groups excluding carboxylic acids is 1. The third kappa shape index (κ3) is 4.60. The summed E-state index contributed by atoms with van der Waals surface area (Å²) in [6, 6.07) is 8.43. The van der Waals surface area contributed by atoms with Crippen LogP contribution in [-0.2, 0) is 22.6 Å². The van der Waals surface area contributed by atoms with Crippen LogP contribution in [0.15, 0.2) is 24.3 Å². The molecule has 1 aromatic carbocycles. The van der Waals surface area contributed by atoms with E-state index in [1.165, 1.54) is 43.2 Å². The minimum Gasteiger partial charge on any atom is -0.371 e. The van der Waals surface area contributed by atoms with Gasteiger partial charge in [0, 0.05) is 18.9 Å². The van der Waals surface area contributed by atoms with Crippen LogP contribution in [0, 0.1) is 11.8 Å². The van der Waals surface area contributed by atoms with Crippen molar-refractivity contribution in [3.8, 4) is 0 Å². The molecule has 1 amide bonds. The minimum absolute atomic E-state index is 0.116. The SMILES string of the molecule is CCCCC1CCC(C(=O)NCC2Cc3ccccc3CO2)CC1. The quantitative estimate of drug-likeness (QED) is 0.847. The molecule has 24 heavy (non-hydrogen) atoms. The maximum atomic E-state index is 12.4. The summed E-state index contributed by atoms with van der Waals surface area (Å²) in [5.74, 6) is 1.32. The Bertz CT molecular complexity index is 534. The molecule has 1 unspecified atom stereocenters. The molecule has 1 N–H and O–H groups in total. The van der Waals surface area contributed by atoms with Crippen LogP contribution in [0.4, 0.5) is 0 Å². The highest BCUT2D eigenvalue weighted by molar-refractivity contribution is 5.78. The molecule has 3 nitrogen and oxygen atoms in total. The molecule has 0 bridgehead atoms. The molecule has 3 heteroatoms. The number of rotatable bonds is 6. The first-order valence-corrected chi connectivity index (χ1v) is 9.72. The first kappa shape index (κ1) is 17.5. The van der Waals surface area contributed by atoms with Crippen molar-refractivity contribution in [3.05, 3.63) is 35.4 Å². The summed E-state index contributed by atoms with van der Waals surface area (Å²) >= 11 is 0. The number of hydrogen-bond acceptors (Lipinski definition) is 2. The van der Waals surface area contributed by atoms with Gasteiger partial charge in [-0.15, -0.1) is 0 Å². The van der Waals surface area contributed by atoms with Gasteiger partial charge in [-0.3, -0.25) is 4.79 Å². The lowest BCUT2D eigenvalue weighted by Gasteiger charge is -2.29. The molecular weight excluding hydrogens is 298 g/mol. The molecule has 132 valence electrons. The van der Waals surface area contributed by atoms with E-state index >= 15 is 0 Å². The van der Waals surface area contributed by atoms with E-state index < -0.39 is 0 Å². The van der Waals surface area contributed by atoms with Crippen molar-refractivity contribution >= 4 is 5.91 Å². The Kier molecular flexibility index (Phi) is 6.30. The topological polar surface area (TPSA) is 38.3 Å². The number of fused-ring (bicyclic) bond motifs is 1. The Labute approximate surface area is 146 Å². The maximum absolute atomic E-state index is 12.4. The lowest BCUT2D eigenvalue weighted by molar-refractivity contribution is -0.127. The van der Waals surface area contributed by atoms with E-state index in [0.717, 1.165) is 25.2 Å². The van der Waals surface area contributed by atoms with Gasteiger partial charge in [-0.1, -0.05) is 50.5 Å². The normalized spacial score (nSPS) is 26.6. The highest BCUT2D eigenvalue weighted by atomic mass is 16.5. The van der Waals surface area contributed by atoms with Crippen molar-refractivity contribution in [1.29, 1.82) is 0 Å². The second-order valence-corrected chi connectivity index (χ2v) is 7.51. The Hall–Kier alpha value is -1.35. The summed E-state index contributed by atoms with van der Waals surface area (Å²) in [5.41, 5.74) is 2.64. The predicted molar refractivity (Wildman–Crippen MR) is 96.7 cm³/mol. The lowest BCUT2D eigenvalue weighted by Crippen LogP contribution is -2.40. The van der Waals surface area contributed by atoms with E-state index in [-0.39, 0.29) is 17.9 Å². The third-order valence-corrected chi connectivity index (χ3v) is 5.73. The highest BCUT2D eigenvalue weighted by Crippen LogP contribution is 2.32. The molecule has 2 aliphatic rings. The number of carbonyl (C=O) groups is 1. The molecule has 1 saturated carbocycles. The van der Waals surface area contributed by atoms with Crippen LogP contribution in [0.25, 0.3) is 0 Å².